The predicted molar refractivity (Wildman–Crippen MR) is 72.2 cm³/mol. The highest BCUT2D eigenvalue weighted by Gasteiger charge is 2.37. The topological polar surface area (TPSA) is 15.3 Å². The van der Waals surface area contributed by atoms with Gasteiger partial charge in [-0.1, -0.05) is 12.8 Å². The third-order valence-corrected chi connectivity index (χ3v) is 5.39. The molecule has 0 aromatic heterocycles. The van der Waals surface area contributed by atoms with Crippen LogP contribution in [0.25, 0.3) is 0 Å². The van der Waals surface area contributed by atoms with Crippen LogP contribution in [0.3, 0.4) is 0 Å². The molecule has 3 atom stereocenters. The van der Waals surface area contributed by atoms with E-state index in [0.717, 1.165) is 24.0 Å². The van der Waals surface area contributed by atoms with E-state index in [1.54, 1.807) is 0 Å². The Morgan fingerprint density at radius 3 is 2.47 bits per heavy atom. The van der Waals surface area contributed by atoms with Crippen molar-refractivity contribution in [1.29, 1.82) is 0 Å². The second-order valence-electron chi connectivity index (χ2n) is 6.53. The highest BCUT2D eigenvalue weighted by Crippen LogP contribution is 2.37. The Morgan fingerprint density at radius 2 is 1.76 bits per heavy atom. The molecule has 1 aliphatic carbocycles. The van der Waals surface area contributed by atoms with Crippen LogP contribution in [0.5, 0.6) is 0 Å². The summed E-state index contributed by atoms with van der Waals surface area (Å²) in [6.45, 7) is 4.95. The maximum absolute atomic E-state index is 3.68. The molecule has 2 heterocycles. The van der Waals surface area contributed by atoms with Crippen molar-refractivity contribution in [1.82, 2.24) is 10.2 Å². The van der Waals surface area contributed by atoms with Crippen molar-refractivity contribution < 1.29 is 0 Å². The van der Waals surface area contributed by atoms with Crippen LogP contribution in [-0.4, -0.2) is 36.1 Å². The van der Waals surface area contributed by atoms with E-state index < -0.39 is 0 Å². The molecule has 0 radical (unpaired) electrons. The van der Waals surface area contributed by atoms with E-state index in [4.69, 9.17) is 0 Å². The van der Waals surface area contributed by atoms with Crippen LogP contribution >= 0.6 is 0 Å². The van der Waals surface area contributed by atoms with Crippen LogP contribution in [0.1, 0.15) is 58.3 Å². The number of likely N-dealkylation sites (tertiary alicyclic amines) is 1. The zero-order chi connectivity index (χ0) is 11.7. The molecule has 0 bridgehead atoms. The van der Waals surface area contributed by atoms with Crippen LogP contribution in [0.15, 0.2) is 0 Å². The summed E-state index contributed by atoms with van der Waals surface area (Å²) < 4.78 is 0. The van der Waals surface area contributed by atoms with Crippen molar-refractivity contribution in [3.8, 4) is 0 Å². The molecule has 3 fully saturated rings. The third kappa shape index (κ3) is 2.53. The first kappa shape index (κ1) is 12.0. The minimum atomic E-state index is 0.749. The van der Waals surface area contributed by atoms with Gasteiger partial charge in [0.2, 0.25) is 0 Å². The Morgan fingerprint density at radius 1 is 0.941 bits per heavy atom. The van der Waals surface area contributed by atoms with Crippen LogP contribution in [0.4, 0.5) is 0 Å². The van der Waals surface area contributed by atoms with E-state index >= 15 is 0 Å². The fourth-order valence-corrected chi connectivity index (χ4v) is 4.38. The molecule has 17 heavy (non-hydrogen) atoms. The second kappa shape index (κ2) is 5.27. The molecule has 3 rings (SSSR count). The van der Waals surface area contributed by atoms with Gasteiger partial charge in [0.1, 0.15) is 0 Å². The van der Waals surface area contributed by atoms with E-state index in [1.807, 2.05) is 0 Å². The zero-order valence-electron chi connectivity index (χ0n) is 11.3. The summed E-state index contributed by atoms with van der Waals surface area (Å²) in [5.41, 5.74) is 0. The van der Waals surface area contributed by atoms with Crippen molar-refractivity contribution in [3.63, 3.8) is 0 Å². The quantitative estimate of drug-likeness (QED) is 0.793. The fraction of sp³-hybridized carbons (Fsp3) is 1.00. The molecule has 2 saturated heterocycles. The maximum atomic E-state index is 3.68. The first-order chi connectivity index (χ1) is 8.34. The first-order valence-electron chi connectivity index (χ1n) is 7.84. The monoisotopic (exact) mass is 236 g/mol. The van der Waals surface area contributed by atoms with Crippen molar-refractivity contribution in [3.05, 3.63) is 0 Å². The molecule has 2 heteroatoms. The average Bonchev–Trinajstić information content (AvgIpc) is 3.00. The van der Waals surface area contributed by atoms with Gasteiger partial charge in [-0.15, -0.1) is 0 Å². The van der Waals surface area contributed by atoms with Gasteiger partial charge in [-0.3, -0.25) is 4.90 Å². The van der Waals surface area contributed by atoms with Gasteiger partial charge in [0.15, 0.2) is 0 Å². The SMILES string of the molecule is CC1CCC(N2CCCC2C2CCCC2)CN1. The normalized spacial score (nSPS) is 41.1. The summed E-state index contributed by atoms with van der Waals surface area (Å²) in [6.07, 6.45) is 11.7. The van der Waals surface area contributed by atoms with Gasteiger partial charge in [-0.05, 0) is 57.9 Å². The molecular weight excluding hydrogens is 208 g/mol. The Labute approximate surface area is 106 Å². The van der Waals surface area contributed by atoms with E-state index in [2.05, 4.69) is 17.1 Å². The van der Waals surface area contributed by atoms with Crippen LogP contribution in [0.2, 0.25) is 0 Å². The molecule has 0 amide bonds. The third-order valence-electron chi connectivity index (χ3n) is 5.39. The van der Waals surface area contributed by atoms with Crippen molar-refractivity contribution >= 4 is 0 Å². The van der Waals surface area contributed by atoms with Gasteiger partial charge in [-0.25, -0.2) is 0 Å². The number of nitrogens with one attached hydrogen (secondary N) is 1. The summed E-state index contributed by atoms with van der Waals surface area (Å²) >= 11 is 0. The Bertz CT molecular complexity index is 239. The Balaban J connectivity index is 1.61. The van der Waals surface area contributed by atoms with E-state index in [-0.39, 0.29) is 0 Å². The van der Waals surface area contributed by atoms with Gasteiger partial charge in [0.25, 0.3) is 0 Å². The number of hydrogen-bond donors (Lipinski definition) is 1. The lowest BCUT2D eigenvalue weighted by Crippen LogP contribution is -2.51. The lowest BCUT2D eigenvalue weighted by molar-refractivity contribution is 0.108. The summed E-state index contributed by atoms with van der Waals surface area (Å²) in [6, 6.07) is 2.54. The summed E-state index contributed by atoms with van der Waals surface area (Å²) in [5.74, 6) is 1.04. The van der Waals surface area contributed by atoms with Gasteiger partial charge in [-0.2, -0.15) is 0 Å². The van der Waals surface area contributed by atoms with Gasteiger partial charge >= 0.3 is 0 Å². The second-order valence-corrected chi connectivity index (χ2v) is 6.53. The highest BCUT2D eigenvalue weighted by atomic mass is 15.2. The largest absolute Gasteiger partial charge is 0.313 e. The molecule has 1 N–H and O–H groups in total. The molecule has 2 aliphatic heterocycles. The molecule has 2 nitrogen and oxygen atoms in total. The van der Waals surface area contributed by atoms with Gasteiger partial charge in [0.05, 0.1) is 0 Å². The minimum absolute atomic E-state index is 0.749. The molecule has 3 unspecified atom stereocenters. The summed E-state index contributed by atoms with van der Waals surface area (Å²) in [5, 5.41) is 3.68. The van der Waals surface area contributed by atoms with Gasteiger partial charge in [0, 0.05) is 24.7 Å². The molecule has 0 spiro atoms. The zero-order valence-corrected chi connectivity index (χ0v) is 11.3. The molecule has 0 aromatic carbocycles. The van der Waals surface area contributed by atoms with Crippen molar-refractivity contribution in [2.75, 3.05) is 13.1 Å². The lowest BCUT2D eigenvalue weighted by Gasteiger charge is -2.39. The molecule has 0 aromatic rings. The molecule has 1 saturated carbocycles. The van der Waals surface area contributed by atoms with E-state index in [9.17, 15) is 0 Å². The summed E-state index contributed by atoms with van der Waals surface area (Å²) in [4.78, 5) is 2.88. The standard InChI is InChI=1S/C15H28N2/c1-12-8-9-14(11-16-12)17-10-4-7-15(17)13-5-2-3-6-13/h12-16H,2-11H2,1H3. The van der Waals surface area contributed by atoms with Crippen molar-refractivity contribution in [2.24, 2.45) is 5.92 Å². The predicted octanol–water partition coefficient (Wildman–Crippen LogP) is 2.78. The smallest absolute Gasteiger partial charge is 0.0224 e. The van der Waals surface area contributed by atoms with E-state index in [1.165, 1.54) is 64.5 Å². The van der Waals surface area contributed by atoms with Gasteiger partial charge < -0.3 is 5.32 Å². The molecule has 3 aliphatic rings. The summed E-state index contributed by atoms with van der Waals surface area (Å²) in [7, 11) is 0. The minimum Gasteiger partial charge on any atom is -0.313 e. The number of piperidine rings is 1. The van der Waals surface area contributed by atoms with Crippen LogP contribution in [0, 0.1) is 5.92 Å². The lowest BCUT2D eigenvalue weighted by atomic mass is 9.93. The average molecular weight is 236 g/mol. The van der Waals surface area contributed by atoms with Crippen LogP contribution in [-0.2, 0) is 0 Å². The fourth-order valence-electron chi connectivity index (χ4n) is 4.38. The molecule has 98 valence electrons. The van der Waals surface area contributed by atoms with Crippen molar-refractivity contribution in [2.45, 2.75) is 76.4 Å². The highest BCUT2D eigenvalue weighted by molar-refractivity contribution is 4.93. The number of rotatable bonds is 2. The Hall–Kier alpha value is -0.0800. The number of hydrogen-bond acceptors (Lipinski definition) is 2. The molecular formula is C15H28N2. The number of nitrogens with zero attached hydrogens (tertiary/aromatic N) is 1. The first-order valence-corrected chi connectivity index (χ1v) is 7.84. The van der Waals surface area contributed by atoms with Crippen LogP contribution < -0.4 is 5.32 Å². The Kier molecular flexibility index (Phi) is 3.72. The van der Waals surface area contributed by atoms with E-state index in [0.29, 0.717) is 0 Å². The maximum Gasteiger partial charge on any atom is 0.0224 e.